The van der Waals surface area contributed by atoms with Crippen LogP contribution in [-0.4, -0.2) is 52.0 Å². The molecule has 0 atom stereocenters. The van der Waals surface area contributed by atoms with Crippen molar-refractivity contribution < 1.29 is 9.53 Å². The number of ether oxygens (including phenoxy) is 1. The minimum absolute atomic E-state index is 0.115. The second-order valence-corrected chi connectivity index (χ2v) is 7.08. The first kappa shape index (κ1) is 14.9. The van der Waals surface area contributed by atoms with E-state index in [-0.39, 0.29) is 11.6 Å². The van der Waals surface area contributed by atoms with Crippen molar-refractivity contribution in [3.63, 3.8) is 0 Å². The number of rotatable bonds is 1. The molecule has 1 amide bonds. The Morgan fingerprint density at radius 1 is 1.36 bits per heavy atom. The molecule has 0 aromatic carbocycles. The van der Waals surface area contributed by atoms with Gasteiger partial charge in [0.25, 0.3) is 0 Å². The van der Waals surface area contributed by atoms with E-state index in [2.05, 4.69) is 15.1 Å². The molecule has 2 fully saturated rings. The molecule has 0 unspecified atom stereocenters. The third-order valence-electron chi connectivity index (χ3n) is 4.16. The number of carbonyl (C=O) groups is 1. The smallest absolute Gasteiger partial charge is 0.410 e. The Bertz CT molecular complexity index is 580. The van der Waals surface area contributed by atoms with Gasteiger partial charge in [-0.25, -0.2) is 4.79 Å². The monoisotopic (exact) mass is 305 g/mol. The van der Waals surface area contributed by atoms with Gasteiger partial charge in [0.2, 0.25) is 0 Å². The number of anilines is 2. The van der Waals surface area contributed by atoms with E-state index in [0.717, 1.165) is 31.6 Å². The van der Waals surface area contributed by atoms with E-state index in [1.807, 2.05) is 31.7 Å². The zero-order valence-electron chi connectivity index (χ0n) is 13.4. The lowest BCUT2D eigenvalue weighted by atomic mass is 10.1. The molecular weight excluding hydrogens is 282 g/mol. The number of nitrogens with zero attached hydrogens (tertiary/aromatic N) is 4. The average molecular weight is 305 g/mol. The third-order valence-corrected chi connectivity index (χ3v) is 4.16. The minimum atomic E-state index is -0.469. The van der Waals surface area contributed by atoms with Crippen molar-refractivity contribution in [1.29, 1.82) is 0 Å². The Labute approximate surface area is 130 Å². The van der Waals surface area contributed by atoms with Crippen LogP contribution in [0.25, 0.3) is 0 Å². The van der Waals surface area contributed by atoms with Crippen LogP contribution in [0.2, 0.25) is 0 Å². The van der Waals surface area contributed by atoms with Gasteiger partial charge < -0.3 is 15.4 Å². The van der Waals surface area contributed by atoms with Gasteiger partial charge in [-0.05, 0) is 39.7 Å². The Hall–Kier alpha value is -2.05. The van der Waals surface area contributed by atoms with Crippen molar-refractivity contribution in [2.24, 2.45) is 0 Å². The summed E-state index contributed by atoms with van der Waals surface area (Å²) in [7, 11) is 0. The maximum atomic E-state index is 12.4. The first-order valence-electron chi connectivity index (χ1n) is 7.64. The molecule has 1 aromatic rings. The fourth-order valence-electron chi connectivity index (χ4n) is 2.96. The van der Waals surface area contributed by atoms with E-state index >= 15 is 0 Å². The fourth-order valence-corrected chi connectivity index (χ4v) is 2.96. The highest BCUT2D eigenvalue weighted by atomic mass is 16.6. The fraction of sp³-hybridized carbons (Fsp3) is 0.667. The van der Waals surface area contributed by atoms with Crippen LogP contribution in [0.4, 0.5) is 16.3 Å². The number of amides is 1. The number of hydrogen-bond donors (Lipinski definition) is 1. The molecule has 120 valence electrons. The largest absolute Gasteiger partial charge is 0.444 e. The summed E-state index contributed by atoms with van der Waals surface area (Å²) >= 11 is 0. The predicted octanol–water partition coefficient (Wildman–Crippen LogP) is 1.65. The molecule has 1 aromatic heterocycles. The van der Waals surface area contributed by atoms with Crippen molar-refractivity contribution in [1.82, 2.24) is 15.1 Å². The highest BCUT2D eigenvalue weighted by molar-refractivity contribution is 5.71. The molecule has 0 radical (unpaired) electrons. The first-order chi connectivity index (χ1) is 10.3. The standard InChI is InChI=1S/C15H23N5O2/c1-14(2,3)22-13(21)20-9-8-19(10-15(20)5-6-15)11-4-7-17-18-12(11)16/h4,7H,5-6,8-10H2,1-3H3,(H2,16,18). The van der Waals surface area contributed by atoms with Gasteiger partial charge in [0, 0.05) is 19.6 Å². The molecular formula is C15H23N5O2. The van der Waals surface area contributed by atoms with Gasteiger partial charge >= 0.3 is 6.09 Å². The van der Waals surface area contributed by atoms with Gasteiger partial charge in [0.05, 0.1) is 17.4 Å². The van der Waals surface area contributed by atoms with Gasteiger partial charge in [0.1, 0.15) is 5.60 Å². The molecule has 1 saturated carbocycles. The van der Waals surface area contributed by atoms with Gasteiger partial charge in [0.15, 0.2) is 5.82 Å². The van der Waals surface area contributed by atoms with E-state index in [4.69, 9.17) is 10.5 Å². The first-order valence-corrected chi connectivity index (χ1v) is 7.64. The van der Waals surface area contributed by atoms with Crippen LogP contribution in [0, 0.1) is 0 Å². The molecule has 1 aliphatic carbocycles. The topological polar surface area (TPSA) is 84.6 Å². The van der Waals surface area contributed by atoms with Gasteiger partial charge in [-0.3, -0.25) is 4.90 Å². The van der Waals surface area contributed by atoms with E-state index in [1.54, 1.807) is 6.20 Å². The van der Waals surface area contributed by atoms with Gasteiger partial charge in [-0.15, -0.1) is 5.10 Å². The summed E-state index contributed by atoms with van der Waals surface area (Å²) in [5.41, 5.74) is 6.23. The summed E-state index contributed by atoms with van der Waals surface area (Å²) in [6.07, 6.45) is 3.43. The molecule has 2 aliphatic rings. The van der Waals surface area contributed by atoms with Crippen LogP contribution < -0.4 is 10.6 Å². The second-order valence-electron chi connectivity index (χ2n) is 7.08. The van der Waals surface area contributed by atoms with Crippen LogP contribution in [-0.2, 0) is 4.74 Å². The van der Waals surface area contributed by atoms with Crippen LogP contribution in [0.1, 0.15) is 33.6 Å². The van der Waals surface area contributed by atoms with Crippen molar-refractivity contribution in [3.8, 4) is 0 Å². The van der Waals surface area contributed by atoms with Crippen molar-refractivity contribution in [2.45, 2.75) is 44.8 Å². The van der Waals surface area contributed by atoms with E-state index < -0.39 is 5.60 Å². The molecule has 3 rings (SSSR count). The Kier molecular flexibility index (Phi) is 3.38. The second kappa shape index (κ2) is 5.00. The number of aromatic nitrogens is 2. The molecule has 7 heteroatoms. The van der Waals surface area contributed by atoms with Crippen molar-refractivity contribution in [2.75, 3.05) is 30.3 Å². The summed E-state index contributed by atoms with van der Waals surface area (Å²) in [4.78, 5) is 16.5. The highest BCUT2D eigenvalue weighted by Crippen LogP contribution is 2.46. The van der Waals surface area contributed by atoms with Gasteiger partial charge in [-0.1, -0.05) is 0 Å². The summed E-state index contributed by atoms with van der Waals surface area (Å²) in [5.74, 6) is 0.434. The summed E-state index contributed by atoms with van der Waals surface area (Å²) in [6.45, 7) is 7.80. The molecule has 22 heavy (non-hydrogen) atoms. The Morgan fingerprint density at radius 3 is 2.68 bits per heavy atom. The molecule has 7 nitrogen and oxygen atoms in total. The maximum absolute atomic E-state index is 12.4. The summed E-state index contributed by atoms with van der Waals surface area (Å²) < 4.78 is 5.54. The van der Waals surface area contributed by atoms with Crippen molar-refractivity contribution in [3.05, 3.63) is 12.3 Å². The number of nitrogens with two attached hydrogens (primary N) is 1. The number of carbonyl (C=O) groups excluding carboxylic acids is 1. The normalized spacial score (nSPS) is 20.1. The number of piperazine rings is 1. The highest BCUT2D eigenvalue weighted by Gasteiger charge is 2.54. The van der Waals surface area contributed by atoms with E-state index in [0.29, 0.717) is 12.4 Å². The third kappa shape index (κ3) is 2.80. The SMILES string of the molecule is CC(C)(C)OC(=O)N1CCN(c2ccnnc2N)CC12CC2. The summed E-state index contributed by atoms with van der Waals surface area (Å²) in [6, 6.07) is 1.88. The number of hydrogen-bond acceptors (Lipinski definition) is 6. The van der Waals surface area contributed by atoms with Crippen molar-refractivity contribution >= 4 is 17.6 Å². The average Bonchev–Trinajstić information content (AvgIpc) is 3.17. The molecule has 1 spiro atoms. The molecule has 0 bridgehead atoms. The minimum Gasteiger partial charge on any atom is -0.444 e. The lowest BCUT2D eigenvalue weighted by molar-refractivity contribution is 0.0107. The molecule has 2 heterocycles. The van der Waals surface area contributed by atoms with E-state index in [1.165, 1.54) is 0 Å². The molecule has 1 aliphatic heterocycles. The zero-order valence-corrected chi connectivity index (χ0v) is 13.4. The van der Waals surface area contributed by atoms with Crippen LogP contribution in [0.3, 0.4) is 0 Å². The van der Waals surface area contributed by atoms with Crippen LogP contribution in [0.5, 0.6) is 0 Å². The van der Waals surface area contributed by atoms with E-state index in [9.17, 15) is 4.79 Å². The van der Waals surface area contributed by atoms with Gasteiger partial charge in [-0.2, -0.15) is 5.10 Å². The molecule has 1 saturated heterocycles. The lowest BCUT2D eigenvalue weighted by Crippen LogP contribution is -2.58. The predicted molar refractivity (Wildman–Crippen MR) is 83.6 cm³/mol. The lowest BCUT2D eigenvalue weighted by Gasteiger charge is -2.43. The number of nitrogen functional groups attached to an aromatic ring is 1. The van der Waals surface area contributed by atoms with Crippen LogP contribution >= 0.6 is 0 Å². The maximum Gasteiger partial charge on any atom is 0.410 e. The van der Waals surface area contributed by atoms with Crippen LogP contribution in [0.15, 0.2) is 12.3 Å². The Balaban J connectivity index is 1.74. The molecule has 2 N–H and O–H groups in total. The quantitative estimate of drug-likeness (QED) is 0.849. The zero-order chi connectivity index (χ0) is 16.0. The Morgan fingerprint density at radius 2 is 2.09 bits per heavy atom. The summed E-state index contributed by atoms with van der Waals surface area (Å²) in [5, 5.41) is 7.69.